The van der Waals surface area contributed by atoms with Crippen LogP contribution in [0.4, 0.5) is 0 Å². The van der Waals surface area contributed by atoms with Crippen LogP contribution >= 0.6 is 0 Å². The van der Waals surface area contributed by atoms with Gasteiger partial charge >= 0.3 is 0 Å². The Morgan fingerprint density at radius 3 is 2.97 bits per heavy atom. The van der Waals surface area contributed by atoms with Crippen molar-refractivity contribution in [2.45, 2.75) is 19.5 Å². The van der Waals surface area contributed by atoms with E-state index in [9.17, 15) is 0 Å². The number of aliphatic hydroxyl groups is 1. The van der Waals surface area contributed by atoms with Crippen molar-refractivity contribution in [1.82, 2.24) is 39.7 Å². The largest absolute Gasteiger partial charge is 0.394 e. The second-order valence-corrected chi connectivity index (χ2v) is 6.78. The van der Waals surface area contributed by atoms with Crippen molar-refractivity contribution in [1.29, 1.82) is 0 Å². The smallest absolute Gasteiger partial charge is 0.221 e. The zero-order valence-electron chi connectivity index (χ0n) is 15.7. The van der Waals surface area contributed by atoms with Crippen molar-refractivity contribution in [3.8, 4) is 11.3 Å². The van der Waals surface area contributed by atoms with Crippen molar-refractivity contribution in [2.75, 3.05) is 6.61 Å². The Morgan fingerprint density at radius 1 is 1.14 bits per heavy atom. The number of fused-ring (bicyclic) bond motifs is 2. The van der Waals surface area contributed by atoms with Gasteiger partial charge in [-0.05, 0) is 30.7 Å². The lowest BCUT2D eigenvalue weighted by Gasteiger charge is -2.13. The van der Waals surface area contributed by atoms with Crippen molar-refractivity contribution in [3.63, 3.8) is 0 Å². The molecule has 9 nitrogen and oxygen atoms in total. The third-order valence-electron chi connectivity index (χ3n) is 4.92. The van der Waals surface area contributed by atoms with E-state index in [-0.39, 0.29) is 12.6 Å². The minimum atomic E-state index is -0.0775. The Morgan fingerprint density at radius 2 is 2.07 bits per heavy atom. The first-order chi connectivity index (χ1) is 14.2. The first-order valence-electron chi connectivity index (χ1n) is 9.29. The van der Waals surface area contributed by atoms with Gasteiger partial charge in [-0.1, -0.05) is 17.3 Å². The minimum absolute atomic E-state index is 0.0291. The summed E-state index contributed by atoms with van der Waals surface area (Å²) >= 11 is 0. The van der Waals surface area contributed by atoms with E-state index in [1.807, 2.05) is 30.5 Å². The van der Waals surface area contributed by atoms with Gasteiger partial charge in [0.2, 0.25) is 5.65 Å². The zero-order chi connectivity index (χ0) is 19.8. The van der Waals surface area contributed by atoms with E-state index in [0.29, 0.717) is 23.5 Å². The lowest BCUT2D eigenvalue weighted by atomic mass is 10.1. The van der Waals surface area contributed by atoms with Gasteiger partial charge in [-0.25, -0.2) is 14.6 Å². The van der Waals surface area contributed by atoms with Gasteiger partial charge in [0.05, 0.1) is 42.8 Å². The molecule has 1 atom stereocenters. The Kier molecular flexibility index (Phi) is 4.21. The molecule has 5 aromatic rings. The van der Waals surface area contributed by atoms with E-state index in [4.69, 9.17) is 10.1 Å². The molecule has 0 fully saturated rings. The molecule has 0 unspecified atom stereocenters. The average molecular weight is 386 g/mol. The van der Waals surface area contributed by atoms with E-state index >= 15 is 0 Å². The molecule has 29 heavy (non-hydrogen) atoms. The van der Waals surface area contributed by atoms with Crippen LogP contribution < -0.4 is 0 Å². The minimum Gasteiger partial charge on any atom is -0.394 e. The first-order valence-corrected chi connectivity index (χ1v) is 9.29. The lowest BCUT2D eigenvalue weighted by molar-refractivity contribution is 0.269. The number of hydrogen-bond donors (Lipinski definition) is 1. The van der Waals surface area contributed by atoms with E-state index in [0.717, 1.165) is 22.0 Å². The molecule has 0 aliphatic rings. The molecular formula is C20H18N8O. The lowest BCUT2D eigenvalue weighted by Crippen LogP contribution is -2.09. The number of aromatic nitrogens is 8. The molecule has 5 rings (SSSR count). The fourth-order valence-electron chi connectivity index (χ4n) is 3.35. The molecule has 1 N–H and O–H groups in total. The second-order valence-electron chi connectivity index (χ2n) is 6.78. The van der Waals surface area contributed by atoms with Crippen LogP contribution in [0.3, 0.4) is 0 Å². The summed E-state index contributed by atoms with van der Waals surface area (Å²) in [6.45, 7) is 2.52. The molecule has 0 aliphatic carbocycles. The second kappa shape index (κ2) is 7.02. The number of hydrogen-bond acceptors (Lipinski definition) is 7. The highest BCUT2D eigenvalue weighted by atomic mass is 16.3. The zero-order valence-corrected chi connectivity index (χ0v) is 15.7. The van der Waals surface area contributed by atoms with Crippen LogP contribution in [0.15, 0.2) is 55.1 Å². The predicted molar refractivity (Wildman–Crippen MR) is 107 cm³/mol. The summed E-state index contributed by atoms with van der Waals surface area (Å²) in [4.78, 5) is 13.5. The van der Waals surface area contributed by atoms with Crippen LogP contribution in [0.2, 0.25) is 0 Å². The van der Waals surface area contributed by atoms with E-state index in [2.05, 4.69) is 38.4 Å². The molecule has 0 saturated heterocycles. The number of benzene rings is 1. The van der Waals surface area contributed by atoms with Crippen LogP contribution in [-0.4, -0.2) is 51.4 Å². The molecule has 4 heterocycles. The Labute approximate surface area is 165 Å². The molecule has 1 aromatic carbocycles. The molecule has 0 saturated carbocycles. The standard InChI is InChI=1S/C20H18N8O/c1-13(14-4-5-17-15(9-14)3-2-6-21-17)28-20-19(25-26-28)22-11-18(24-20)16-10-23-27(12-16)7-8-29/h2-6,9-13,29H,7-8H2,1H3/t13-/m1/s1. The molecule has 4 aromatic heterocycles. The summed E-state index contributed by atoms with van der Waals surface area (Å²) in [6, 6.07) is 10.1. The molecular weight excluding hydrogens is 368 g/mol. The Bertz CT molecular complexity index is 1310. The summed E-state index contributed by atoms with van der Waals surface area (Å²) in [5, 5.41) is 22.8. The first kappa shape index (κ1) is 17.4. The fourth-order valence-corrected chi connectivity index (χ4v) is 3.35. The monoisotopic (exact) mass is 386 g/mol. The molecule has 9 heteroatoms. The molecule has 0 spiro atoms. The van der Waals surface area contributed by atoms with Crippen LogP contribution in [0, 0.1) is 0 Å². The van der Waals surface area contributed by atoms with Gasteiger partial charge in [0, 0.05) is 23.3 Å². The van der Waals surface area contributed by atoms with E-state index in [1.165, 1.54) is 0 Å². The average Bonchev–Trinajstić information content (AvgIpc) is 3.40. The fraction of sp³-hybridized carbons (Fsp3) is 0.200. The topological polar surface area (TPSA) is 107 Å². The Hall–Kier alpha value is -3.72. The van der Waals surface area contributed by atoms with Crippen molar-refractivity contribution >= 4 is 22.2 Å². The van der Waals surface area contributed by atoms with Crippen LogP contribution in [-0.2, 0) is 6.54 Å². The summed E-state index contributed by atoms with van der Waals surface area (Å²) < 4.78 is 3.45. The SMILES string of the molecule is C[C@H](c1ccc2ncccc2c1)n1nnc2ncc(-c3cnn(CCO)c3)nc21. The van der Waals surface area contributed by atoms with Gasteiger partial charge in [-0.3, -0.25) is 9.67 Å². The number of aliphatic hydroxyl groups excluding tert-OH is 1. The number of pyridine rings is 1. The van der Waals surface area contributed by atoms with E-state index in [1.54, 1.807) is 28.0 Å². The molecule has 0 bridgehead atoms. The highest BCUT2D eigenvalue weighted by Gasteiger charge is 2.17. The van der Waals surface area contributed by atoms with Crippen LogP contribution in [0.5, 0.6) is 0 Å². The Balaban J connectivity index is 1.55. The van der Waals surface area contributed by atoms with Gasteiger partial charge in [-0.2, -0.15) is 5.10 Å². The predicted octanol–water partition coefficient (Wildman–Crippen LogP) is 2.23. The van der Waals surface area contributed by atoms with Crippen LogP contribution in [0.1, 0.15) is 18.5 Å². The highest BCUT2D eigenvalue weighted by Crippen LogP contribution is 2.25. The third-order valence-corrected chi connectivity index (χ3v) is 4.92. The molecule has 0 amide bonds. The maximum atomic E-state index is 9.07. The van der Waals surface area contributed by atoms with Crippen molar-refractivity contribution < 1.29 is 5.11 Å². The van der Waals surface area contributed by atoms with Crippen molar-refractivity contribution in [2.24, 2.45) is 0 Å². The summed E-state index contributed by atoms with van der Waals surface area (Å²) in [6.07, 6.45) is 6.99. The normalized spacial score (nSPS) is 12.6. The third kappa shape index (κ3) is 3.11. The molecule has 144 valence electrons. The molecule has 0 radical (unpaired) electrons. The van der Waals surface area contributed by atoms with Gasteiger partial charge in [-0.15, -0.1) is 5.10 Å². The number of nitrogens with zero attached hydrogens (tertiary/aromatic N) is 8. The maximum Gasteiger partial charge on any atom is 0.221 e. The van der Waals surface area contributed by atoms with Crippen molar-refractivity contribution in [3.05, 3.63) is 60.7 Å². The van der Waals surface area contributed by atoms with Gasteiger partial charge in [0.25, 0.3) is 0 Å². The summed E-state index contributed by atoms with van der Waals surface area (Å²) in [5.41, 5.74) is 4.64. The van der Waals surface area contributed by atoms with Gasteiger partial charge in [0.15, 0.2) is 5.65 Å². The number of rotatable bonds is 5. The summed E-state index contributed by atoms with van der Waals surface area (Å²) in [5.74, 6) is 0. The quantitative estimate of drug-likeness (QED) is 0.493. The van der Waals surface area contributed by atoms with E-state index < -0.39 is 0 Å². The van der Waals surface area contributed by atoms with Crippen LogP contribution in [0.25, 0.3) is 33.5 Å². The molecule has 0 aliphatic heterocycles. The maximum absolute atomic E-state index is 9.07. The van der Waals surface area contributed by atoms with Gasteiger partial charge in [0.1, 0.15) is 0 Å². The van der Waals surface area contributed by atoms with Gasteiger partial charge < -0.3 is 5.11 Å². The highest BCUT2D eigenvalue weighted by molar-refractivity contribution is 5.79. The summed E-state index contributed by atoms with van der Waals surface area (Å²) in [7, 11) is 0.